The van der Waals surface area contributed by atoms with Crippen LogP contribution in [-0.2, 0) is 11.8 Å². The van der Waals surface area contributed by atoms with E-state index in [1.807, 2.05) is 0 Å². The van der Waals surface area contributed by atoms with Gasteiger partial charge in [-0.2, -0.15) is 0 Å². The highest BCUT2D eigenvalue weighted by Crippen LogP contribution is 2.28. The molecule has 2 rings (SSSR count). The van der Waals surface area contributed by atoms with E-state index < -0.39 is 0 Å². The quantitative estimate of drug-likeness (QED) is 0.906. The van der Waals surface area contributed by atoms with Gasteiger partial charge in [0, 0.05) is 25.9 Å². The molecule has 0 atom stereocenters. The molecule has 110 valence electrons. The van der Waals surface area contributed by atoms with Crippen molar-refractivity contribution in [1.82, 2.24) is 4.57 Å². The SMILES string of the molecule is COc1ccc(NC(=O)c2cccn2C)cc1NC(C)=O. The molecule has 0 saturated carbocycles. The van der Waals surface area contributed by atoms with Crippen molar-refractivity contribution >= 4 is 23.2 Å². The van der Waals surface area contributed by atoms with E-state index in [1.54, 1.807) is 48.1 Å². The predicted octanol–water partition coefficient (Wildman–Crippen LogP) is 2.24. The molecule has 21 heavy (non-hydrogen) atoms. The molecular weight excluding hydrogens is 270 g/mol. The van der Waals surface area contributed by atoms with Crippen LogP contribution in [0.15, 0.2) is 36.5 Å². The maximum Gasteiger partial charge on any atom is 0.272 e. The lowest BCUT2D eigenvalue weighted by Crippen LogP contribution is -2.15. The van der Waals surface area contributed by atoms with Gasteiger partial charge in [0.25, 0.3) is 5.91 Å². The predicted molar refractivity (Wildman–Crippen MR) is 80.7 cm³/mol. The Kier molecular flexibility index (Phi) is 4.27. The molecule has 0 radical (unpaired) electrons. The Balaban J connectivity index is 2.22. The van der Waals surface area contributed by atoms with Gasteiger partial charge in [-0.15, -0.1) is 0 Å². The fourth-order valence-electron chi connectivity index (χ4n) is 1.97. The first-order chi connectivity index (χ1) is 10.0. The van der Waals surface area contributed by atoms with Crippen LogP contribution in [0.1, 0.15) is 17.4 Å². The first-order valence-electron chi connectivity index (χ1n) is 6.39. The molecule has 0 fully saturated rings. The fraction of sp³-hybridized carbons (Fsp3) is 0.200. The number of methoxy groups -OCH3 is 1. The maximum atomic E-state index is 12.1. The van der Waals surface area contributed by atoms with Crippen LogP contribution >= 0.6 is 0 Å². The van der Waals surface area contributed by atoms with Crippen LogP contribution in [0.4, 0.5) is 11.4 Å². The Morgan fingerprint density at radius 1 is 1.19 bits per heavy atom. The van der Waals surface area contributed by atoms with Gasteiger partial charge >= 0.3 is 0 Å². The smallest absolute Gasteiger partial charge is 0.272 e. The number of carbonyl (C=O) groups is 2. The summed E-state index contributed by atoms with van der Waals surface area (Å²) in [7, 11) is 3.31. The van der Waals surface area contributed by atoms with Gasteiger partial charge in [0.1, 0.15) is 11.4 Å². The summed E-state index contributed by atoms with van der Waals surface area (Å²) in [6, 6.07) is 8.58. The fourth-order valence-corrected chi connectivity index (χ4v) is 1.97. The summed E-state index contributed by atoms with van der Waals surface area (Å²) in [6.07, 6.45) is 1.80. The van der Waals surface area contributed by atoms with Gasteiger partial charge in [0.2, 0.25) is 5.91 Å². The van der Waals surface area contributed by atoms with Gasteiger partial charge < -0.3 is 19.9 Å². The Labute approximate surface area is 122 Å². The highest BCUT2D eigenvalue weighted by Gasteiger charge is 2.11. The van der Waals surface area contributed by atoms with E-state index in [0.29, 0.717) is 22.8 Å². The average Bonchev–Trinajstić information content (AvgIpc) is 2.85. The third-order valence-electron chi connectivity index (χ3n) is 2.94. The van der Waals surface area contributed by atoms with E-state index in [2.05, 4.69) is 10.6 Å². The van der Waals surface area contributed by atoms with Crippen LogP contribution in [0.2, 0.25) is 0 Å². The normalized spacial score (nSPS) is 10.0. The number of benzene rings is 1. The summed E-state index contributed by atoms with van der Waals surface area (Å²) >= 11 is 0. The standard InChI is InChI=1S/C15H17N3O3/c1-10(19)16-12-9-11(6-7-14(12)21-3)17-15(20)13-5-4-8-18(13)2/h4-9H,1-3H3,(H,16,19)(H,17,20). The van der Waals surface area contributed by atoms with Crippen LogP contribution in [0, 0.1) is 0 Å². The van der Waals surface area contributed by atoms with Gasteiger partial charge in [-0.05, 0) is 30.3 Å². The number of rotatable bonds is 4. The summed E-state index contributed by atoms with van der Waals surface area (Å²) in [5, 5.41) is 5.45. The van der Waals surface area contributed by atoms with E-state index in [9.17, 15) is 9.59 Å². The minimum Gasteiger partial charge on any atom is -0.495 e. The molecule has 6 nitrogen and oxygen atoms in total. The number of ether oxygens (including phenoxy) is 1. The molecule has 1 aromatic heterocycles. The van der Waals surface area contributed by atoms with Crippen molar-refractivity contribution in [3.63, 3.8) is 0 Å². The Morgan fingerprint density at radius 3 is 2.52 bits per heavy atom. The summed E-state index contributed by atoms with van der Waals surface area (Å²) in [5.74, 6) is 0.0997. The highest BCUT2D eigenvalue weighted by atomic mass is 16.5. The number of amides is 2. The van der Waals surface area contributed by atoms with Crippen molar-refractivity contribution < 1.29 is 14.3 Å². The van der Waals surface area contributed by atoms with Crippen LogP contribution in [0.5, 0.6) is 5.75 Å². The topological polar surface area (TPSA) is 72.4 Å². The molecule has 1 heterocycles. The second-order valence-electron chi connectivity index (χ2n) is 4.55. The lowest BCUT2D eigenvalue weighted by atomic mass is 10.2. The monoisotopic (exact) mass is 287 g/mol. The lowest BCUT2D eigenvalue weighted by Gasteiger charge is -2.12. The minimum absolute atomic E-state index is 0.209. The number of carbonyl (C=O) groups excluding carboxylic acids is 2. The number of hydrogen-bond donors (Lipinski definition) is 2. The van der Waals surface area contributed by atoms with Gasteiger partial charge in [0.05, 0.1) is 12.8 Å². The first kappa shape index (κ1) is 14.6. The second kappa shape index (κ2) is 6.13. The first-order valence-corrected chi connectivity index (χ1v) is 6.39. The molecule has 1 aromatic carbocycles. The molecule has 2 amide bonds. The number of nitrogens with zero attached hydrogens (tertiary/aromatic N) is 1. The average molecular weight is 287 g/mol. The van der Waals surface area contributed by atoms with Crippen molar-refractivity contribution in [3.8, 4) is 5.75 Å². The van der Waals surface area contributed by atoms with E-state index >= 15 is 0 Å². The number of anilines is 2. The van der Waals surface area contributed by atoms with Gasteiger partial charge in [0.15, 0.2) is 0 Å². The zero-order valence-corrected chi connectivity index (χ0v) is 12.1. The van der Waals surface area contributed by atoms with Crippen molar-refractivity contribution in [1.29, 1.82) is 0 Å². The van der Waals surface area contributed by atoms with Crippen molar-refractivity contribution in [2.24, 2.45) is 7.05 Å². The zero-order valence-electron chi connectivity index (χ0n) is 12.1. The summed E-state index contributed by atoms with van der Waals surface area (Å²) in [4.78, 5) is 23.3. The Bertz CT molecular complexity index is 677. The molecule has 0 bridgehead atoms. The Hall–Kier alpha value is -2.76. The van der Waals surface area contributed by atoms with E-state index in [1.165, 1.54) is 14.0 Å². The van der Waals surface area contributed by atoms with Crippen LogP contribution in [-0.4, -0.2) is 23.5 Å². The molecule has 0 saturated heterocycles. The number of nitrogens with one attached hydrogen (secondary N) is 2. The number of aromatic nitrogens is 1. The summed E-state index contributed by atoms with van der Waals surface area (Å²) < 4.78 is 6.90. The van der Waals surface area contributed by atoms with Crippen molar-refractivity contribution in [2.45, 2.75) is 6.92 Å². The summed E-state index contributed by atoms with van der Waals surface area (Å²) in [5.41, 5.74) is 1.63. The molecule has 0 unspecified atom stereocenters. The molecule has 0 aliphatic heterocycles. The molecule has 0 spiro atoms. The molecule has 2 aromatic rings. The van der Waals surface area contributed by atoms with Gasteiger partial charge in [-0.1, -0.05) is 0 Å². The van der Waals surface area contributed by atoms with Crippen LogP contribution in [0.25, 0.3) is 0 Å². The van der Waals surface area contributed by atoms with Crippen LogP contribution in [0.3, 0.4) is 0 Å². The maximum absolute atomic E-state index is 12.1. The molecule has 2 N–H and O–H groups in total. The van der Waals surface area contributed by atoms with Crippen molar-refractivity contribution in [3.05, 3.63) is 42.2 Å². The lowest BCUT2D eigenvalue weighted by molar-refractivity contribution is -0.114. The van der Waals surface area contributed by atoms with Crippen molar-refractivity contribution in [2.75, 3.05) is 17.7 Å². The number of hydrogen-bond acceptors (Lipinski definition) is 3. The van der Waals surface area contributed by atoms with E-state index in [4.69, 9.17) is 4.74 Å². The minimum atomic E-state index is -0.221. The van der Waals surface area contributed by atoms with Gasteiger partial charge in [-0.25, -0.2) is 0 Å². The van der Waals surface area contributed by atoms with Gasteiger partial charge in [-0.3, -0.25) is 9.59 Å². The summed E-state index contributed by atoms with van der Waals surface area (Å²) in [6.45, 7) is 1.41. The molecule has 6 heteroatoms. The van der Waals surface area contributed by atoms with E-state index in [0.717, 1.165) is 0 Å². The third-order valence-corrected chi connectivity index (χ3v) is 2.94. The number of aryl methyl sites for hydroxylation is 1. The molecule has 0 aliphatic carbocycles. The zero-order chi connectivity index (χ0) is 15.4. The van der Waals surface area contributed by atoms with Crippen LogP contribution < -0.4 is 15.4 Å². The highest BCUT2D eigenvalue weighted by molar-refractivity contribution is 6.03. The second-order valence-corrected chi connectivity index (χ2v) is 4.55. The third kappa shape index (κ3) is 3.42. The largest absolute Gasteiger partial charge is 0.495 e. The molecule has 0 aliphatic rings. The van der Waals surface area contributed by atoms with E-state index in [-0.39, 0.29) is 11.8 Å². The molecular formula is C15H17N3O3. The Morgan fingerprint density at radius 2 is 1.95 bits per heavy atom.